The second-order valence-corrected chi connectivity index (χ2v) is 5.97. The SMILES string of the molecule is Cc1ccc2nc(SCCCCC(C)N)[nH]c2c1. The number of hydrogen-bond donors (Lipinski definition) is 2. The molecule has 0 aliphatic heterocycles. The lowest BCUT2D eigenvalue weighted by Crippen LogP contribution is -2.13. The summed E-state index contributed by atoms with van der Waals surface area (Å²) in [6.07, 6.45) is 3.51. The Kier molecular flexibility index (Phi) is 4.66. The van der Waals surface area contributed by atoms with Crippen LogP contribution in [0.2, 0.25) is 0 Å². The van der Waals surface area contributed by atoms with E-state index in [9.17, 15) is 0 Å². The first-order valence-electron chi connectivity index (χ1n) is 6.50. The molecule has 98 valence electrons. The summed E-state index contributed by atoms with van der Waals surface area (Å²) in [7, 11) is 0. The van der Waals surface area contributed by atoms with Crippen molar-refractivity contribution in [2.45, 2.75) is 44.3 Å². The maximum absolute atomic E-state index is 5.73. The van der Waals surface area contributed by atoms with Crippen molar-refractivity contribution in [2.24, 2.45) is 5.73 Å². The van der Waals surface area contributed by atoms with Crippen LogP contribution in [0, 0.1) is 6.92 Å². The molecule has 0 spiro atoms. The molecule has 1 aromatic heterocycles. The van der Waals surface area contributed by atoms with Gasteiger partial charge in [-0.1, -0.05) is 24.2 Å². The Balaban J connectivity index is 1.84. The van der Waals surface area contributed by atoms with Gasteiger partial charge in [0.15, 0.2) is 5.16 Å². The standard InChI is InChI=1S/C14H21N3S/c1-10-6-7-12-13(9-10)17-14(16-12)18-8-4-3-5-11(2)15/h6-7,9,11H,3-5,8,15H2,1-2H3,(H,16,17). The first kappa shape index (κ1) is 13.4. The molecular formula is C14H21N3S. The molecule has 0 saturated carbocycles. The molecule has 1 aromatic carbocycles. The molecule has 0 saturated heterocycles. The second kappa shape index (κ2) is 6.25. The van der Waals surface area contributed by atoms with Crippen molar-refractivity contribution in [1.29, 1.82) is 0 Å². The van der Waals surface area contributed by atoms with E-state index >= 15 is 0 Å². The van der Waals surface area contributed by atoms with Gasteiger partial charge >= 0.3 is 0 Å². The molecule has 0 aliphatic rings. The molecule has 3 nitrogen and oxygen atoms in total. The summed E-state index contributed by atoms with van der Waals surface area (Å²) in [6, 6.07) is 6.63. The van der Waals surface area contributed by atoms with Crippen molar-refractivity contribution in [3.05, 3.63) is 23.8 Å². The number of H-pyrrole nitrogens is 1. The average Bonchev–Trinajstić information content (AvgIpc) is 2.70. The zero-order chi connectivity index (χ0) is 13.0. The maximum Gasteiger partial charge on any atom is 0.166 e. The Morgan fingerprint density at radius 1 is 1.39 bits per heavy atom. The highest BCUT2D eigenvalue weighted by Gasteiger charge is 2.03. The number of unbranched alkanes of at least 4 members (excludes halogenated alkanes) is 1. The summed E-state index contributed by atoms with van der Waals surface area (Å²) in [5.74, 6) is 1.10. The number of nitrogens with zero attached hydrogens (tertiary/aromatic N) is 1. The van der Waals surface area contributed by atoms with Crippen LogP contribution in [0.4, 0.5) is 0 Å². The molecular weight excluding hydrogens is 242 g/mol. The van der Waals surface area contributed by atoms with E-state index < -0.39 is 0 Å². The Morgan fingerprint density at radius 3 is 3.00 bits per heavy atom. The van der Waals surface area contributed by atoms with Gasteiger partial charge in [-0.05, 0) is 44.4 Å². The molecule has 1 unspecified atom stereocenters. The fourth-order valence-corrected chi connectivity index (χ4v) is 2.79. The van der Waals surface area contributed by atoms with Crippen LogP contribution in [0.15, 0.2) is 23.4 Å². The molecule has 18 heavy (non-hydrogen) atoms. The minimum Gasteiger partial charge on any atom is -0.333 e. The normalized spacial score (nSPS) is 13.1. The summed E-state index contributed by atoms with van der Waals surface area (Å²) >= 11 is 1.80. The number of fused-ring (bicyclic) bond motifs is 1. The molecule has 2 aromatic rings. The van der Waals surface area contributed by atoms with E-state index in [4.69, 9.17) is 5.73 Å². The number of nitrogens with one attached hydrogen (secondary N) is 1. The van der Waals surface area contributed by atoms with Gasteiger partial charge in [0, 0.05) is 11.8 Å². The minimum atomic E-state index is 0.323. The lowest BCUT2D eigenvalue weighted by atomic mass is 10.2. The van der Waals surface area contributed by atoms with E-state index in [1.54, 1.807) is 11.8 Å². The van der Waals surface area contributed by atoms with Crippen LogP contribution in [0.1, 0.15) is 31.7 Å². The first-order chi connectivity index (χ1) is 8.65. The highest BCUT2D eigenvalue weighted by molar-refractivity contribution is 7.99. The van der Waals surface area contributed by atoms with Gasteiger partial charge in [-0.2, -0.15) is 0 Å². The number of imidazole rings is 1. The molecule has 1 heterocycles. The van der Waals surface area contributed by atoms with Gasteiger partial charge in [0.1, 0.15) is 0 Å². The number of rotatable bonds is 6. The number of aromatic nitrogens is 2. The minimum absolute atomic E-state index is 0.323. The lowest BCUT2D eigenvalue weighted by molar-refractivity contribution is 0.618. The summed E-state index contributed by atoms with van der Waals surface area (Å²) in [5.41, 5.74) is 9.18. The fraction of sp³-hybridized carbons (Fsp3) is 0.500. The number of nitrogens with two attached hydrogens (primary N) is 1. The molecule has 3 N–H and O–H groups in total. The van der Waals surface area contributed by atoms with E-state index in [2.05, 4.69) is 42.0 Å². The third-order valence-electron chi connectivity index (χ3n) is 2.91. The molecule has 0 fully saturated rings. The zero-order valence-electron chi connectivity index (χ0n) is 11.1. The number of aryl methyl sites for hydroxylation is 1. The predicted octanol–water partition coefficient (Wildman–Crippen LogP) is 3.48. The van der Waals surface area contributed by atoms with Crippen LogP contribution in [-0.2, 0) is 0 Å². The van der Waals surface area contributed by atoms with E-state index in [0.717, 1.165) is 28.4 Å². The first-order valence-corrected chi connectivity index (χ1v) is 7.48. The quantitative estimate of drug-likeness (QED) is 0.619. The highest BCUT2D eigenvalue weighted by Crippen LogP contribution is 2.21. The summed E-state index contributed by atoms with van der Waals surface area (Å²) in [5, 5.41) is 1.02. The molecule has 0 bridgehead atoms. The van der Waals surface area contributed by atoms with Crippen molar-refractivity contribution in [2.75, 3.05) is 5.75 Å². The maximum atomic E-state index is 5.73. The van der Waals surface area contributed by atoms with Crippen molar-refractivity contribution in [1.82, 2.24) is 9.97 Å². The molecule has 4 heteroatoms. The van der Waals surface area contributed by atoms with Gasteiger partial charge in [0.25, 0.3) is 0 Å². The second-order valence-electron chi connectivity index (χ2n) is 4.88. The monoisotopic (exact) mass is 263 g/mol. The fourth-order valence-electron chi connectivity index (χ4n) is 1.91. The van der Waals surface area contributed by atoms with Crippen LogP contribution >= 0.6 is 11.8 Å². The number of benzene rings is 1. The Labute approximate surface area is 113 Å². The third kappa shape index (κ3) is 3.75. The van der Waals surface area contributed by atoms with Gasteiger partial charge in [0.05, 0.1) is 11.0 Å². The van der Waals surface area contributed by atoms with Crippen molar-refractivity contribution < 1.29 is 0 Å². The van der Waals surface area contributed by atoms with Crippen LogP contribution in [0.25, 0.3) is 11.0 Å². The van der Waals surface area contributed by atoms with Crippen LogP contribution in [0.5, 0.6) is 0 Å². The zero-order valence-corrected chi connectivity index (χ0v) is 11.9. The van der Waals surface area contributed by atoms with E-state index in [0.29, 0.717) is 6.04 Å². The Hall–Kier alpha value is -1.00. The van der Waals surface area contributed by atoms with E-state index in [-0.39, 0.29) is 0 Å². The smallest absolute Gasteiger partial charge is 0.166 e. The highest BCUT2D eigenvalue weighted by atomic mass is 32.2. The third-order valence-corrected chi connectivity index (χ3v) is 3.87. The summed E-state index contributed by atoms with van der Waals surface area (Å²) < 4.78 is 0. The van der Waals surface area contributed by atoms with E-state index in [1.165, 1.54) is 18.4 Å². The van der Waals surface area contributed by atoms with Gasteiger partial charge in [-0.3, -0.25) is 0 Å². The number of aromatic amines is 1. The summed E-state index contributed by atoms with van der Waals surface area (Å²) in [6.45, 7) is 4.16. The molecule has 2 rings (SSSR count). The topological polar surface area (TPSA) is 54.7 Å². The van der Waals surface area contributed by atoms with Gasteiger partial charge in [-0.15, -0.1) is 0 Å². The Bertz CT molecular complexity index is 505. The van der Waals surface area contributed by atoms with Crippen molar-refractivity contribution in [3.63, 3.8) is 0 Å². The molecule has 0 radical (unpaired) electrons. The number of hydrogen-bond acceptors (Lipinski definition) is 3. The number of thioether (sulfide) groups is 1. The van der Waals surface area contributed by atoms with Gasteiger partial charge in [-0.25, -0.2) is 4.98 Å². The van der Waals surface area contributed by atoms with Gasteiger partial charge in [0.2, 0.25) is 0 Å². The van der Waals surface area contributed by atoms with E-state index in [1.807, 2.05) is 0 Å². The molecule has 1 atom stereocenters. The van der Waals surface area contributed by atoms with Crippen LogP contribution in [0.3, 0.4) is 0 Å². The van der Waals surface area contributed by atoms with Crippen LogP contribution < -0.4 is 5.73 Å². The van der Waals surface area contributed by atoms with Crippen molar-refractivity contribution in [3.8, 4) is 0 Å². The average molecular weight is 263 g/mol. The van der Waals surface area contributed by atoms with Gasteiger partial charge < -0.3 is 10.7 Å². The van der Waals surface area contributed by atoms with Crippen LogP contribution in [-0.4, -0.2) is 21.8 Å². The largest absolute Gasteiger partial charge is 0.333 e. The lowest BCUT2D eigenvalue weighted by Gasteiger charge is -2.03. The Morgan fingerprint density at radius 2 is 2.22 bits per heavy atom. The molecule has 0 amide bonds. The summed E-state index contributed by atoms with van der Waals surface area (Å²) in [4.78, 5) is 7.93. The predicted molar refractivity (Wildman–Crippen MR) is 79.1 cm³/mol. The van der Waals surface area contributed by atoms with Crippen molar-refractivity contribution >= 4 is 22.8 Å². The molecule has 0 aliphatic carbocycles.